The second kappa shape index (κ2) is 7.24. The first kappa shape index (κ1) is 15.5. The van der Waals surface area contributed by atoms with E-state index in [0.717, 1.165) is 32.7 Å². The summed E-state index contributed by atoms with van der Waals surface area (Å²) in [6, 6.07) is 8.33. The molecule has 0 aliphatic carbocycles. The van der Waals surface area contributed by atoms with E-state index in [0.29, 0.717) is 19.6 Å². The van der Waals surface area contributed by atoms with E-state index in [2.05, 4.69) is 33.9 Å². The highest BCUT2D eigenvalue weighted by Crippen LogP contribution is 2.22. The van der Waals surface area contributed by atoms with E-state index in [4.69, 9.17) is 10.5 Å². The quantitative estimate of drug-likeness (QED) is 0.830. The van der Waals surface area contributed by atoms with Gasteiger partial charge in [-0.15, -0.1) is 0 Å². The fraction of sp³-hybridized carbons (Fsp3) is 0.529. The molecule has 1 aliphatic heterocycles. The Morgan fingerprint density at radius 1 is 1.18 bits per heavy atom. The molecule has 1 atom stereocenters. The van der Waals surface area contributed by atoms with Gasteiger partial charge in [-0.2, -0.15) is 0 Å². The molecule has 1 aromatic carbocycles. The van der Waals surface area contributed by atoms with Crippen molar-refractivity contribution in [3.05, 3.63) is 36.0 Å². The number of nitrogens with zero attached hydrogens (tertiary/aromatic N) is 2. The third-order valence-electron chi connectivity index (χ3n) is 4.26. The van der Waals surface area contributed by atoms with Crippen LogP contribution in [-0.4, -0.2) is 60.1 Å². The first-order chi connectivity index (χ1) is 10.8. The van der Waals surface area contributed by atoms with Crippen molar-refractivity contribution in [1.29, 1.82) is 0 Å². The van der Waals surface area contributed by atoms with E-state index in [1.54, 1.807) is 0 Å². The Kier molecular flexibility index (Phi) is 5.10. The number of fused-ring (bicyclic) bond motifs is 1. The summed E-state index contributed by atoms with van der Waals surface area (Å²) >= 11 is 0. The number of aromatic nitrogens is 1. The van der Waals surface area contributed by atoms with Gasteiger partial charge in [-0.3, -0.25) is 4.90 Å². The van der Waals surface area contributed by atoms with Crippen LogP contribution in [0.15, 0.2) is 30.5 Å². The van der Waals surface area contributed by atoms with Gasteiger partial charge in [0.2, 0.25) is 0 Å². The molecule has 5 nitrogen and oxygen atoms in total. The maximum Gasteiger partial charge on any atom is 0.0845 e. The van der Waals surface area contributed by atoms with Crippen LogP contribution in [0, 0.1) is 0 Å². The largest absolute Gasteiger partial charge is 0.390 e. The SMILES string of the molecule is NCCc1cn(CC(O)CN2CCOCC2)c2ccccc12. The number of aliphatic hydroxyl groups excluding tert-OH is 1. The van der Waals surface area contributed by atoms with Gasteiger partial charge in [0.1, 0.15) is 0 Å². The Morgan fingerprint density at radius 3 is 2.73 bits per heavy atom. The molecule has 1 aromatic heterocycles. The zero-order valence-corrected chi connectivity index (χ0v) is 12.9. The maximum atomic E-state index is 10.4. The normalized spacial score (nSPS) is 17.9. The molecular weight excluding hydrogens is 278 g/mol. The summed E-state index contributed by atoms with van der Waals surface area (Å²) in [6.07, 6.45) is 2.63. The third kappa shape index (κ3) is 3.50. The minimum Gasteiger partial charge on any atom is -0.390 e. The number of hydrogen-bond acceptors (Lipinski definition) is 4. The number of para-hydroxylation sites is 1. The molecule has 1 aliphatic rings. The number of nitrogens with two attached hydrogens (primary N) is 1. The van der Waals surface area contributed by atoms with E-state index in [1.807, 2.05) is 6.07 Å². The minimum absolute atomic E-state index is 0.375. The van der Waals surface area contributed by atoms with E-state index in [9.17, 15) is 5.11 Å². The summed E-state index contributed by atoms with van der Waals surface area (Å²) in [7, 11) is 0. The van der Waals surface area contributed by atoms with Crippen molar-refractivity contribution >= 4 is 10.9 Å². The van der Waals surface area contributed by atoms with Gasteiger partial charge in [-0.25, -0.2) is 0 Å². The fourth-order valence-electron chi connectivity index (χ4n) is 3.20. The molecule has 1 saturated heterocycles. The number of rotatable bonds is 6. The third-order valence-corrected chi connectivity index (χ3v) is 4.26. The van der Waals surface area contributed by atoms with E-state index in [1.165, 1.54) is 16.5 Å². The van der Waals surface area contributed by atoms with Crippen LogP contribution in [0.25, 0.3) is 10.9 Å². The van der Waals surface area contributed by atoms with Crippen LogP contribution in [0.5, 0.6) is 0 Å². The smallest absolute Gasteiger partial charge is 0.0845 e. The number of hydrogen-bond donors (Lipinski definition) is 2. The second-order valence-corrected chi connectivity index (χ2v) is 5.93. The number of aliphatic hydroxyl groups is 1. The highest BCUT2D eigenvalue weighted by Gasteiger charge is 2.16. The summed E-state index contributed by atoms with van der Waals surface area (Å²) in [5.74, 6) is 0. The molecule has 3 rings (SSSR count). The highest BCUT2D eigenvalue weighted by molar-refractivity contribution is 5.84. The highest BCUT2D eigenvalue weighted by atomic mass is 16.5. The molecule has 1 unspecified atom stereocenters. The molecule has 5 heteroatoms. The predicted octanol–water partition coefficient (Wildman–Crippen LogP) is 0.836. The summed E-state index contributed by atoms with van der Waals surface area (Å²) < 4.78 is 7.51. The van der Waals surface area contributed by atoms with Gasteiger partial charge in [0.15, 0.2) is 0 Å². The molecule has 2 heterocycles. The predicted molar refractivity (Wildman–Crippen MR) is 88.0 cm³/mol. The van der Waals surface area contributed by atoms with Crippen LogP contribution < -0.4 is 5.73 Å². The Labute approximate surface area is 131 Å². The van der Waals surface area contributed by atoms with Crippen molar-refractivity contribution < 1.29 is 9.84 Å². The van der Waals surface area contributed by atoms with Gasteiger partial charge in [0.05, 0.1) is 19.3 Å². The van der Waals surface area contributed by atoms with Crippen LogP contribution in [0.4, 0.5) is 0 Å². The van der Waals surface area contributed by atoms with E-state index < -0.39 is 0 Å². The summed E-state index contributed by atoms with van der Waals surface area (Å²) in [6.45, 7) is 5.29. The standard InChI is InChI=1S/C17H25N3O2/c18-6-5-14-11-20(17-4-2-1-3-16(14)17)13-15(21)12-19-7-9-22-10-8-19/h1-4,11,15,21H,5-10,12-13,18H2. The number of benzene rings is 1. The minimum atomic E-state index is -0.375. The molecule has 0 saturated carbocycles. The molecular formula is C17H25N3O2. The first-order valence-corrected chi connectivity index (χ1v) is 8.03. The molecule has 3 N–H and O–H groups in total. The van der Waals surface area contributed by atoms with Crippen molar-refractivity contribution in [2.24, 2.45) is 5.73 Å². The fourth-order valence-corrected chi connectivity index (χ4v) is 3.20. The van der Waals surface area contributed by atoms with Crippen molar-refractivity contribution in [1.82, 2.24) is 9.47 Å². The summed E-state index contributed by atoms with van der Waals surface area (Å²) in [5.41, 5.74) is 8.14. The van der Waals surface area contributed by atoms with Crippen molar-refractivity contribution in [3.8, 4) is 0 Å². The lowest BCUT2D eigenvalue weighted by atomic mass is 10.1. The average molecular weight is 303 g/mol. The van der Waals surface area contributed by atoms with Crippen LogP contribution in [0.1, 0.15) is 5.56 Å². The van der Waals surface area contributed by atoms with Gasteiger partial charge >= 0.3 is 0 Å². The lowest BCUT2D eigenvalue weighted by Crippen LogP contribution is -2.41. The van der Waals surface area contributed by atoms with Crippen molar-refractivity contribution in [2.75, 3.05) is 39.4 Å². The number of β-amino-alcohol motifs (C(OH)–C–C–N with tert-alkyl or cyclic N) is 1. The summed E-state index contributed by atoms with van der Waals surface area (Å²) in [5, 5.41) is 11.7. The molecule has 1 fully saturated rings. The lowest BCUT2D eigenvalue weighted by Gasteiger charge is -2.28. The van der Waals surface area contributed by atoms with Gasteiger partial charge < -0.3 is 20.1 Å². The van der Waals surface area contributed by atoms with E-state index >= 15 is 0 Å². The van der Waals surface area contributed by atoms with E-state index in [-0.39, 0.29) is 6.10 Å². The zero-order valence-electron chi connectivity index (χ0n) is 12.9. The average Bonchev–Trinajstić information content (AvgIpc) is 2.87. The molecule has 120 valence electrons. The molecule has 2 aromatic rings. The molecule has 0 bridgehead atoms. The molecule has 22 heavy (non-hydrogen) atoms. The van der Waals surface area contributed by atoms with Gasteiger partial charge in [-0.05, 0) is 24.6 Å². The molecule has 0 spiro atoms. The Balaban J connectivity index is 1.72. The Bertz CT molecular complexity index is 605. The van der Waals surface area contributed by atoms with Crippen LogP contribution >= 0.6 is 0 Å². The van der Waals surface area contributed by atoms with Gasteiger partial charge in [-0.1, -0.05) is 18.2 Å². The Hall–Kier alpha value is -1.40. The van der Waals surface area contributed by atoms with Crippen molar-refractivity contribution in [3.63, 3.8) is 0 Å². The zero-order chi connectivity index (χ0) is 15.4. The van der Waals surface area contributed by atoms with Gasteiger partial charge in [0.25, 0.3) is 0 Å². The number of ether oxygens (including phenoxy) is 1. The lowest BCUT2D eigenvalue weighted by molar-refractivity contribution is 0.0117. The molecule has 0 radical (unpaired) electrons. The number of morpholine rings is 1. The Morgan fingerprint density at radius 2 is 1.95 bits per heavy atom. The molecule has 0 amide bonds. The van der Waals surface area contributed by atoms with Gasteiger partial charge in [0, 0.05) is 43.3 Å². The van der Waals surface area contributed by atoms with Crippen LogP contribution in [0.3, 0.4) is 0 Å². The maximum absolute atomic E-state index is 10.4. The van der Waals surface area contributed by atoms with Crippen molar-refractivity contribution in [2.45, 2.75) is 19.1 Å². The van der Waals surface area contributed by atoms with Crippen LogP contribution in [0.2, 0.25) is 0 Å². The van der Waals surface area contributed by atoms with Crippen LogP contribution in [-0.2, 0) is 17.7 Å². The second-order valence-electron chi connectivity index (χ2n) is 5.93. The first-order valence-electron chi connectivity index (χ1n) is 8.03. The topological polar surface area (TPSA) is 63.7 Å². The monoisotopic (exact) mass is 303 g/mol. The summed E-state index contributed by atoms with van der Waals surface area (Å²) in [4.78, 5) is 2.26.